The van der Waals surface area contributed by atoms with Crippen LogP contribution in [-0.2, 0) is 0 Å². The first-order valence-corrected chi connectivity index (χ1v) is 3.99. The van der Waals surface area contributed by atoms with Crippen molar-refractivity contribution >= 4 is 11.6 Å². The van der Waals surface area contributed by atoms with Crippen LogP contribution >= 0.6 is 0 Å². The van der Waals surface area contributed by atoms with E-state index >= 15 is 0 Å². The highest BCUT2D eigenvalue weighted by atomic mass is 15.1. The Morgan fingerprint density at radius 1 is 1.64 bits per heavy atom. The summed E-state index contributed by atoms with van der Waals surface area (Å²) in [4.78, 5) is 0. The van der Waals surface area contributed by atoms with Crippen molar-refractivity contribution in [1.29, 1.82) is 0 Å². The predicted molar refractivity (Wildman–Crippen MR) is 45.2 cm³/mol. The van der Waals surface area contributed by atoms with Crippen LogP contribution < -0.4 is 10.6 Å². The van der Waals surface area contributed by atoms with Gasteiger partial charge in [0.2, 0.25) is 0 Å². The maximum Gasteiger partial charge on any atom is 0.0639 e. The third-order valence-corrected chi connectivity index (χ3v) is 2.49. The molecule has 0 fully saturated rings. The molecular formula is C9H12N2. The second-order valence-corrected chi connectivity index (χ2v) is 3.22. The summed E-state index contributed by atoms with van der Waals surface area (Å²) in [7, 11) is 0. The second-order valence-electron chi connectivity index (χ2n) is 3.22. The maximum atomic E-state index is 4.01. The van der Waals surface area contributed by atoms with Gasteiger partial charge in [0.1, 0.15) is 0 Å². The van der Waals surface area contributed by atoms with Crippen LogP contribution in [-0.4, -0.2) is 10.2 Å². The number of nitrogens with zero attached hydrogens (tertiary/aromatic N) is 1. The lowest BCUT2D eigenvalue weighted by Crippen LogP contribution is -2.29. The summed E-state index contributed by atoms with van der Waals surface area (Å²) >= 11 is 0. The molecule has 0 radical (unpaired) electrons. The molecule has 1 aromatic heterocycles. The molecule has 1 aliphatic rings. The van der Waals surface area contributed by atoms with Gasteiger partial charge in [-0.15, -0.1) is 0 Å². The first kappa shape index (κ1) is 6.65. The molecule has 0 aliphatic heterocycles. The average Bonchev–Trinajstić information content (AvgIpc) is 2.45. The highest BCUT2D eigenvalue weighted by Gasteiger charge is 2.08. The van der Waals surface area contributed by atoms with Gasteiger partial charge < -0.3 is 0 Å². The molecular weight excluding hydrogens is 136 g/mol. The first-order chi connectivity index (χ1) is 5.29. The van der Waals surface area contributed by atoms with Gasteiger partial charge in [-0.2, -0.15) is 5.10 Å². The van der Waals surface area contributed by atoms with E-state index in [0.717, 1.165) is 6.42 Å². The number of hydrogen-bond donors (Lipinski definition) is 1. The van der Waals surface area contributed by atoms with Crippen molar-refractivity contribution in [3.05, 3.63) is 16.8 Å². The van der Waals surface area contributed by atoms with E-state index in [-0.39, 0.29) is 0 Å². The van der Waals surface area contributed by atoms with E-state index in [1.165, 1.54) is 16.1 Å². The van der Waals surface area contributed by atoms with Crippen molar-refractivity contribution in [2.24, 2.45) is 5.92 Å². The van der Waals surface area contributed by atoms with Gasteiger partial charge in [0.05, 0.1) is 11.5 Å². The highest BCUT2D eigenvalue weighted by molar-refractivity contribution is 5.49. The Bertz CT molecular complexity index is 373. The van der Waals surface area contributed by atoms with Gasteiger partial charge in [-0.3, -0.25) is 5.10 Å². The number of hydrogen-bond acceptors (Lipinski definition) is 1. The molecule has 11 heavy (non-hydrogen) atoms. The molecule has 2 nitrogen and oxygen atoms in total. The Morgan fingerprint density at radius 2 is 2.45 bits per heavy atom. The molecule has 58 valence electrons. The Labute approximate surface area is 65.6 Å². The van der Waals surface area contributed by atoms with Gasteiger partial charge in [0.15, 0.2) is 0 Å². The van der Waals surface area contributed by atoms with Gasteiger partial charge in [0, 0.05) is 5.22 Å². The summed E-state index contributed by atoms with van der Waals surface area (Å²) in [6.07, 6.45) is 5.29. The molecule has 1 atom stereocenters. The zero-order chi connectivity index (χ0) is 7.84. The number of nitrogens with one attached hydrogen (secondary N) is 1. The van der Waals surface area contributed by atoms with Gasteiger partial charge in [-0.1, -0.05) is 13.0 Å². The lowest BCUT2D eigenvalue weighted by atomic mass is 9.94. The number of H-pyrrole nitrogens is 1. The smallest absolute Gasteiger partial charge is 0.0639 e. The average molecular weight is 148 g/mol. The van der Waals surface area contributed by atoms with Crippen molar-refractivity contribution in [2.45, 2.75) is 20.3 Å². The third kappa shape index (κ3) is 0.897. The summed E-state index contributed by atoms with van der Waals surface area (Å²) in [5.74, 6) is 0.669. The minimum atomic E-state index is 0.669. The summed E-state index contributed by atoms with van der Waals surface area (Å²) in [6.45, 7) is 4.42. The van der Waals surface area contributed by atoms with Crippen LogP contribution in [0, 0.1) is 5.92 Å². The normalized spacial score (nSPS) is 22.7. The minimum absolute atomic E-state index is 0.669. The largest absolute Gasteiger partial charge is 0.278 e. The van der Waals surface area contributed by atoms with Crippen molar-refractivity contribution < 1.29 is 0 Å². The molecule has 0 aromatic carbocycles. The summed E-state index contributed by atoms with van der Waals surface area (Å²) in [5, 5.41) is 9.52. The van der Waals surface area contributed by atoms with Crippen LogP contribution in [0.25, 0.3) is 11.6 Å². The lowest BCUT2D eigenvalue weighted by Gasteiger charge is -2.11. The van der Waals surface area contributed by atoms with Gasteiger partial charge >= 0.3 is 0 Å². The summed E-state index contributed by atoms with van der Waals surface area (Å²) in [6, 6.07) is 0. The fourth-order valence-corrected chi connectivity index (χ4v) is 1.49. The Balaban J connectivity index is 2.82. The first-order valence-electron chi connectivity index (χ1n) is 3.99. The Hall–Kier alpha value is -1.05. The van der Waals surface area contributed by atoms with Crippen LogP contribution in [0.15, 0.2) is 6.20 Å². The van der Waals surface area contributed by atoms with Gasteiger partial charge in [-0.25, -0.2) is 0 Å². The third-order valence-electron chi connectivity index (χ3n) is 2.49. The minimum Gasteiger partial charge on any atom is -0.278 e. The topological polar surface area (TPSA) is 28.7 Å². The molecule has 2 rings (SSSR count). The molecule has 0 amide bonds. The SMILES string of the molecule is CC1=c2[nH]ncc2=CCC1C. The molecule has 0 saturated carbocycles. The molecule has 0 bridgehead atoms. The summed E-state index contributed by atoms with van der Waals surface area (Å²) < 4.78 is 0. The lowest BCUT2D eigenvalue weighted by molar-refractivity contribution is 0.762. The molecule has 1 heterocycles. The van der Waals surface area contributed by atoms with Crippen LogP contribution in [0.4, 0.5) is 0 Å². The van der Waals surface area contributed by atoms with E-state index < -0.39 is 0 Å². The van der Waals surface area contributed by atoms with Crippen LogP contribution in [0.1, 0.15) is 20.3 Å². The molecule has 1 aliphatic carbocycles. The number of aromatic amines is 1. The number of aromatic nitrogens is 2. The monoisotopic (exact) mass is 148 g/mol. The van der Waals surface area contributed by atoms with Crippen molar-refractivity contribution in [1.82, 2.24) is 10.2 Å². The van der Waals surface area contributed by atoms with Gasteiger partial charge in [0.25, 0.3) is 0 Å². The predicted octanol–water partition coefficient (Wildman–Crippen LogP) is 0.401. The summed E-state index contributed by atoms with van der Waals surface area (Å²) in [5.41, 5.74) is 1.43. The van der Waals surface area contributed by atoms with Crippen molar-refractivity contribution in [2.75, 3.05) is 0 Å². The van der Waals surface area contributed by atoms with E-state index in [4.69, 9.17) is 0 Å². The molecule has 0 spiro atoms. The van der Waals surface area contributed by atoms with E-state index in [1.54, 1.807) is 0 Å². The van der Waals surface area contributed by atoms with Crippen molar-refractivity contribution in [3.8, 4) is 0 Å². The zero-order valence-corrected chi connectivity index (χ0v) is 6.89. The molecule has 2 heteroatoms. The maximum absolute atomic E-state index is 4.01. The van der Waals surface area contributed by atoms with Crippen LogP contribution in [0.5, 0.6) is 0 Å². The standard InChI is InChI=1S/C9H12N2/c1-6-3-4-8-5-10-11-9(8)7(6)2/h4-6,11H,3H2,1-2H3. The number of rotatable bonds is 0. The Kier molecular flexibility index (Phi) is 1.34. The van der Waals surface area contributed by atoms with Gasteiger partial charge in [-0.05, 0) is 24.8 Å². The molecule has 1 N–H and O–H groups in total. The van der Waals surface area contributed by atoms with E-state index in [0.29, 0.717) is 5.92 Å². The zero-order valence-electron chi connectivity index (χ0n) is 6.89. The van der Waals surface area contributed by atoms with Crippen LogP contribution in [0.3, 0.4) is 0 Å². The van der Waals surface area contributed by atoms with Crippen LogP contribution in [0.2, 0.25) is 0 Å². The van der Waals surface area contributed by atoms with E-state index in [9.17, 15) is 0 Å². The Morgan fingerprint density at radius 3 is 3.27 bits per heavy atom. The molecule has 1 aromatic rings. The van der Waals surface area contributed by atoms with E-state index in [2.05, 4.69) is 30.1 Å². The van der Waals surface area contributed by atoms with Crippen molar-refractivity contribution in [3.63, 3.8) is 0 Å². The molecule has 0 saturated heterocycles. The van der Waals surface area contributed by atoms with E-state index in [1.807, 2.05) is 6.20 Å². The quantitative estimate of drug-likeness (QED) is 0.567. The number of fused-ring (bicyclic) bond motifs is 1. The second kappa shape index (κ2) is 2.22. The molecule has 1 unspecified atom stereocenters. The fraction of sp³-hybridized carbons (Fsp3) is 0.444. The fourth-order valence-electron chi connectivity index (χ4n) is 1.49. The highest BCUT2D eigenvalue weighted by Crippen LogP contribution is 2.14.